The topological polar surface area (TPSA) is 33.9 Å². The zero-order valence-corrected chi connectivity index (χ0v) is 21.1. The number of fused-ring (bicyclic) bond motifs is 8. The average Bonchev–Trinajstić information content (AvgIpc) is 3.34. The van der Waals surface area contributed by atoms with Crippen LogP contribution in [0.5, 0.6) is 0 Å². The highest BCUT2D eigenvalue weighted by Gasteiger charge is 2.35. The van der Waals surface area contributed by atoms with Gasteiger partial charge in [-0.3, -0.25) is 0 Å². The number of aliphatic hydroxyl groups is 1. The molecule has 2 heterocycles. The molecule has 36 heavy (non-hydrogen) atoms. The van der Waals surface area contributed by atoms with Crippen LogP contribution in [0.1, 0.15) is 27.7 Å². The summed E-state index contributed by atoms with van der Waals surface area (Å²) in [6.45, 7) is 7.50. The van der Waals surface area contributed by atoms with E-state index in [1.54, 1.807) is 13.8 Å². The Morgan fingerprint density at radius 3 is 1.53 bits per heavy atom. The maximum absolute atomic E-state index is 10.6. The molecular weight excluding hydrogens is 441 g/mol. The van der Waals surface area contributed by atoms with E-state index in [0.717, 1.165) is 5.46 Å². The van der Waals surface area contributed by atoms with Crippen LogP contribution in [0, 0.1) is 0 Å². The van der Waals surface area contributed by atoms with Gasteiger partial charge in [-0.1, -0.05) is 66.1 Å². The molecule has 0 unspecified atom stereocenters. The van der Waals surface area contributed by atoms with Crippen molar-refractivity contribution in [1.82, 2.24) is 4.40 Å². The lowest BCUT2D eigenvalue weighted by atomic mass is 9.81. The zero-order valence-electron chi connectivity index (χ0n) is 21.1. The van der Waals surface area contributed by atoms with E-state index in [2.05, 4.69) is 89.3 Å². The van der Waals surface area contributed by atoms with Crippen LogP contribution in [-0.4, -0.2) is 28.2 Å². The van der Waals surface area contributed by atoms with E-state index in [1.807, 2.05) is 13.8 Å². The van der Waals surface area contributed by atoms with Gasteiger partial charge in [-0.2, -0.15) is 0 Å². The van der Waals surface area contributed by atoms with Gasteiger partial charge in [0.1, 0.15) is 0 Å². The van der Waals surface area contributed by atoms with Crippen molar-refractivity contribution in [3.05, 3.63) is 84.9 Å². The second kappa shape index (κ2) is 7.22. The van der Waals surface area contributed by atoms with Crippen LogP contribution in [0.25, 0.3) is 59.6 Å². The normalized spacial score (nSPS) is 13.2. The first-order chi connectivity index (χ1) is 17.2. The lowest BCUT2D eigenvalue weighted by molar-refractivity contribution is -0.0893. The van der Waals surface area contributed by atoms with Crippen LogP contribution in [0.3, 0.4) is 0 Å². The molecule has 0 aliphatic rings. The molecule has 3 nitrogen and oxygen atoms in total. The van der Waals surface area contributed by atoms with E-state index >= 15 is 0 Å². The highest BCUT2D eigenvalue weighted by atomic mass is 16.5. The molecule has 0 spiro atoms. The molecular formula is C32H28BNO2. The van der Waals surface area contributed by atoms with E-state index in [0.29, 0.717) is 7.48 Å². The molecule has 0 atom stereocenters. The smallest absolute Gasteiger partial charge is 0.309 e. The molecule has 0 saturated carbocycles. The van der Waals surface area contributed by atoms with E-state index in [-0.39, 0.29) is 0 Å². The molecule has 5 aromatic carbocycles. The lowest BCUT2D eigenvalue weighted by Gasteiger charge is -2.37. The highest BCUT2D eigenvalue weighted by Crippen LogP contribution is 2.41. The fraction of sp³-hybridized carbons (Fsp3) is 0.188. The van der Waals surface area contributed by atoms with Gasteiger partial charge in [0, 0.05) is 21.5 Å². The first kappa shape index (κ1) is 21.7. The lowest BCUT2D eigenvalue weighted by Crippen LogP contribution is -2.49. The predicted molar refractivity (Wildman–Crippen MR) is 154 cm³/mol. The van der Waals surface area contributed by atoms with Gasteiger partial charge in [-0.15, -0.1) is 0 Å². The minimum atomic E-state index is -0.950. The molecule has 0 saturated heterocycles. The number of hydrogen-bond acceptors (Lipinski definition) is 2. The Kier molecular flexibility index (Phi) is 4.35. The molecule has 0 bridgehead atoms. The van der Waals surface area contributed by atoms with Gasteiger partial charge < -0.3 is 14.2 Å². The van der Waals surface area contributed by atoms with Crippen LogP contribution in [0.2, 0.25) is 0 Å². The molecule has 7 rings (SSSR count). The third-order valence-electron chi connectivity index (χ3n) is 8.26. The maximum Gasteiger partial charge on any atom is 0.309 e. The van der Waals surface area contributed by atoms with Crippen LogP contribution in [0.15, 0.2) is 84.9 Å². The number of hydrogen-bond donors (Lipinski definition) is 1. The maximum atomic E-state index is 10.6. The first-order valence-corrected chi connectivity index (χ1v) is 12.6. The summed E-state index contributed by atoms with van der Waals surface area (Å²) < 4.78 is 8.75. The Balaban J connectivity index is 1.57. The van der Waals surface area contributed by atoms with E-state index < -0.39 is 11.2 Å². The molecule has 4 heteroatoms. The summed E-state index contributed by atoms with van der Waals surface area (Å²) in [4.78, 5) is 0. The number of nitrogens with zero attached hydrogens (tertiary/aromatic N) is 1. The minimum Gasteiger partial charge on any atom is -0.427 e. The second-order valence-electron chi connectivity index (χ2n) is 11.2. The monoisotopic (exact) mass is 469 g/mol. The third-order valence-corrected chi connectivity index (χ3v) is 8.26. The Bertz CT molecular complexity index is 1840. The standard InChI is InChI=1S/C32H28BNO2/c1-31(2,35)32(3,4)36-33-23-17-26-24-13-19-9-5-7-11-21(19)15-28(24)34-29-16-22-12-8-6-10-20(22)14-25(29)27(18-23)30(26)34/h5-18,33,35H,1-4H3. The molecule has 0 radical (unpaired) electrons. The second-order valence-corrected chi connectivity index (χ2v) is 11.2. The van der Waals surface area contributed by atoms with E-state index in [9.17, 15) is 5.11 Å². The number of aromatic nitrogens is 1. The van der Waals surface area contributed by atoms with Gasteiger partial charge in [-0.25, -0.2) is 0 Å². The summed E-state index contributed by atoms with van der Waals surface area (Å²) in [6, 6.07) is 31.0. The predicted octanol–water partition coefficient (Wildman–Crippen LogP) is 6.69. The number of benzene rings is 5. The Morgan fingerprint density at radius 1 is 0.639 bits per heavy atom. The van der Waals surface area contributed by atoms with Gasteiger partial charge in [-0.05, 0) is 73.5 Å². The summed E-state index contributed by atoms with van der Waals surface area (Å²) in [5.74, 6) is 0. The van der Waals surface area contributed by atoms with Gasteiger partial charge in [0.05, 0.1) is 27.8 Å². The van der Waals surface area contributed by atoms with Crippen molar-refractivity contribution in [2.75, 3.05) is 0 Å². The van der Waals surface area contributed by atoms with Gasteiger partial charge >= 0.3 is 7.48 Å². The van der Waals surface area contributed by atoms with Gasteiger partial charge in [0.2, 0.25) is 0 Å². The minimum absolute atomic E-state index is 0.434. The fourth-order valence-electron chi connectivity index (χ4n) is 5.50. The van der Waals surface area contributed by atoms with Crippen molar-refractivity contribution in [2.45, 2.75) is 38.9 Å². The average molecular weight is 469 g/mol. The van der Waals surface area contributed by atoms with Gasteiger partial charge in [0.25, 0.3) is 0 Å². The molecule has 176 valence electrons. The molecule has 2 aromatic heterocycles. The summed E-state index contributed by atoms with van der Waals surface area (Å²) in [5.41, 5.74) is 3.21. The zero-order chi connectivity index (χ0) is 24.8. The van der Waals surface area contributed by atoms with Crippen molar-refractivity contribution in [2.24, 2.45) is 0 Å². The summed E-state index contributed by atoms with van der Waals surface area (Å²) >= 11 is 0. The third kappa shape index (κ3) is 3.01. The van der Waals surface area contributed by atoms with Crippen LogP contribution < -0.4 is 5.46 Å². The van der Waals surface area contributed by atoms with Crippen LogP contribution >= 0.6 is 0 Å². The molecule has 0 aliphatic heterocycles. The van der Waals surface area contributed by atoms with Crippen LogP contribution in [0.4, 0.5) is 0 Å². The van der Waals surface area contributed by atoms with Crippen LogP contribution in [-0.2, 0) is 4.65 Å². The summed E-state index contributed by atoms with van der Waals surface area (Å²) in [7, 11) is 0.434. The molecule has 1 N–H and O–H groups in total. The SMILES string of the molecule is CC(C)(O)C(C)(C)OBc1cc2c3cc4ccccc4cc3n3c4cc5ccccc5cc4c(c1)c23. The first-order valence-electron chi connectivity index (χ1n) is 12.6. The van der Waals surface area contributed by atoms with Gasteiger partial charge in [0.15, 0.2) is 0 Å². The van der Waals surface area contributed by atoms with E-state index in [4.69, 9.17) is 4.65 Å². The highest BCUT2D eigenvalue weighted by molar-refractivity contribution is 6.49. The quantitative estimate of drug-likeness (QED) is 0.292. The largest absolute Gasteiger partial charge is 0.427 e. The number of rotatable bonds is 4. The van der Waals surface area contributed by atoms with Crippen molar-refractivity contribution >= 4 is 72.6 Å². The Morgan fingerprint density at radius 2 is 1.08 bits per heavy atom. The van der Waals surface area contributed by atoms with Crippen molar-refractivity contribution in [1.29, 1.82) is 0 Å². The Hall–Kier alpha value is -3.60. The molecule has 0 fully saturated rings. The van der Waals surface area contributed by atoms with Crippen molar-refractivity contribution in [3.63, 3.8) is 0 Å². The molecule has 7 aromatic rings. The fourth-order valence-corrected chi connectivity index (χ4v) is 5.50. The summed E-state index contributed by atoms with van der Waals surface area (Å²) in [6.07, 6.45) is 0. The summed E-state index contributed by atoms with van der Waals surface area (Å²) in [5, 5.41) is 20.6. The molecule has 0 amide bonds. The van der Waals surface area contributed by atoms with E-state index in [1.165, 1.54) is 59.6 Å². The molecule has 0 aliphatic carbocycles. The van der Waals surface area contributed by atoms with Crippen molar-refractivity contribution < 1.29 is 9.76 Å². The Labute approximate surface area is 210 Å². The van der Waals surface area contributed by atoms with Crippen molar-refractivity contribution in [3.8, 4) is 0 Å².